The van der Waals surface area contributed by atoms with Gasteiger partial charge >= 0.3 is 0 Å². The Bertz CT molecular complexity index is 766. The fourth-order valence-electron chi connectivity index (χ4n) is 3.99. The number of ketones is 1. The highest BCUT2D eigenvalue weighted by Gasteiger charge is 2.45. The highest BCUT2D eigenvalue weighted by atomic mass is 16.5. The molecule has 1 heterocycles. The summed E-state index contributed by atoms with van der Waals surface area (Å²) in [6, 6.07) is 13.5. The highest BCUT2D eigenvalue weighted by Crippen LogP contribution is 2.48. The first-order valence-electron chi connectivity index (χ1n) is 8.16. The number of rotatable bonds is 3. The van der Waals surface area contributed by atoms with Gasteiger partial charge in [0.2, 0.25) is 0 Å². The lowest BCUT2D eigenvalue weighted by molar-refractivity contribution is 0.0901. The van der Waals surface area contributed by atoms with Crippen molar-refractivity contribution >= 4 is 5.78 Å². The van der Waals surface area contributed by atoms with Crippen LogP contribution >= 0.6 is 0 Å². The number of carbonyl (C=O) groups is 1. The van der Waals surface area contributed by atoms with Crippen LogP contribution in [0.4, 0.5) is 0 Å². The van der Waals surface area contributed by atoms with Crippen molar-refractivity contribution in [1.82, 2.24) is 0 Å². The van der Waals surface area contributed by atoms with Gasteiger partial charge in [-0.25, -0.2) is 0 Å². The second-order valence-electron chi connectivity index (χ2n) is 6.38. The lowest BCUT2D eigenvalue weighted by Gasteiger charge is -2.33. The van der Waals surface area contributed by atoms with Crippen LogP contribution in [-0.4, -0.2) is 33.2 Å². The number of methoxy groups -OCH3 is 2. The summed E-state index contributed by atoms with van der Waals surface area (Å²) in [5, 5.41) is 0. The van der Waals surface area contributed by atoms with E-state index in [1.807, 2.05) is 42.5 Å². The quantitative estimate of drug-likeness (QED) is 0.868. The van der Waals surface area contributed by atoms with Crippen molar-refractivity contribution in [3.05, 3.63) is 59.2 Å². The Morgan fingerprint density at radius 2 is 1.67 bits per heavy atom. The summed E-state index contributed by atoms with van der Waals surface area (Å²) in [7, 11) is 3.29. The molecule has 24 heavy (non-hydrogen) atoms. The number of fused-ring (bicyclic) bond motifs is 3. The molecule has 2 aromatic carbocycles. The minimum absolute atomic E-state index is 0.163. The molecule has 0 radical (unpaired) electrons. The molecule has 1 saturated heterocycles. The van der Waals surface area contributed by atoms with E-state index in [1.54, 1.807) is 14.2 Å². The van der Waals surface area contributed by atoms with Gasteiger partial charge in [0, 0.05) is 17.4 Å². The SMILES string of the molecule is COc1ccc(C2C(=O)c3ccc(OC)cc3[C@@H]3COC[C@H]23)cc1. The summed E-state index contributed by atoms with van der Waals surface area (Å²) in [5.41, 5.74) is 2.89. The molecule has 0 spiro atoms. The maximum atomic E-state index is 13.2. The van der Waals surface area contributed by atoms with Gasteiger partial charge < -0.3 is 14.2 Å². The molecule has 1 aliphatic heterocycles. The lowest BCUT2D eigenvalue weighted by Crippen LogP contribution is -2.32. The van der Waals surface area contributed by atoms with E-state index in [9.17, 15) is 4.79 Å². The van der Waals surface area contributed by atoms with Crippen molar-refractivity contribution in [2.75, 3.05) is 27.4 Å². The monoisotopic (exact) mass is 324 g/mol. The second kappa shape index (κ2) is 5.95. The van der Waals surface area contributed by atoms with Crippen LogP contribution in [0.3, 0.4) is 0 Å². The fraction of sp³-hybridized carbons (Fsp3) is 0.350. The highest BCUT2D eigenvalue weighted by molar-refractivity contribution is 6.04. The summed E-state index contributed by atoms with van der Waals surface area (Å²) >= 11 is 0. The van der Waals surface area contributed by atoms with Crippen LogP contribution in [0.1, 0.15) is 33.3 Å². The maximum absolute atomic E-state index is 13.2. The summed E-state index contributed by atoms with van der Waals surface area (Å²) in [6.45, 7) is 1.27. The third kappa shape index (κ3) is 2.29. The Balaban J connectivity index is 1.79. The molecule has 1 unspecified atom stereocenters. The lowest BCUT2D eigenvalue weighted by atomic mass is 9.67. The molecular weight excluding hydrogens is 304 g/mol. The number of ether oxygens (including phenoxy) is 3. The summed E-state index contributed by atoms with van der Waals surface area (Å²) in [4.78, 5) is 13.2. The summed E-state index contributed by atoms with van der Waals surface area (Å²) in [5.74, 6) is 2.00. The van der Waals surface area contributed by atoms with Gasteiger partial charge in [0.1, 0.15) is 11.5 Å². The minimum Gasteiger partial charge on any atom is -0.497 e. The first kappa shape index (κ1) is 15.2. The molecule has 0 saturated carbocycles. The maximum Gasteiger partial charge on any atom is 0.170 e. The zero-order valence-electron chi connectivity index (χ0n) is 13.8. The number of benzene rings is 2. The number of Topliss-reactive ketones (excluding diaryl/α,β-unsaturated/α-hetero) is 1. The van der Waals surface area contributed by atoms with E-state index < -0.39 is 0 Å². The number of hydrogen-bond acceptors (Lipinski definition) is 4. The van der Waals surface area contributed by atoms with Crippen molar-refractivity contribution in [1.29, 1.82) is 0 Å². The molecule has 124 valence electrons. The molecule has 2 aliphatic rings. The molecule has 3 atom stereocenters. The van der Waals surface area contributed by atoms with Gasteiger partial charge in [-0.1, -0.05) is 12.1 Å². The normalized spacial score (nSPS) is 25.1. The Hall–Kier alpha value is -2.33. The number of carbonyl (C=O) groups excluding carboxylic acids is 1. The van der Waals surface area contributed by atoms with Gasteiger partial charge in [-0.2, -0.15) is 0 Å². The van der Waals surface area contributed by atoms with Gasteiger partial charge in [-0.3, -0.25) is 4.79 Å². The van der Waals surface area contributed by atoms with E-state index in [2.05, 4.69) is 0 Å². The van der Waals surface area contributed by atoms with E-state index in [4.69, 9.17) is 14.2 Å². The van der Waals surface area contributed by atoms with E-state index in [-0.39, 0.29) is 23.5 Å². The Morgan fingerprint density at radius 1 is 0.958 bits per heavy atom. The predicted octanol–water partition coefficient (Wildman–Crippen LogP) is 3.41. The molecule has 1 aliphatic carbocycles. The van der Waals surface area contributed by atoms with Crippen LogP contribution in [0.2, 0.25) is 0 Å². The molecule has 2 aromatic rings. The van der Waals surface area contributed by atoms with Gasteiger partial charge in [0.25, 0.3) is 0 Å². The first-order chi connectivity index (χ1) is 11.7. The molecule has 1 fully saturated rings. The summed E-state index contributed by atoms with van der Waals surface area (Å²) < 4.78 is 16.3. The van der Waals surface area contributed by atoms with Crippen LogP contribution in [-0.2, 0) is 4.74 Å². The van der Waals surface area contributed by atoms with Gasteiger partial charge in [0.05, 0.1) is 33.4 Å². The van der Waals surface area contributed by atoms with Crippen LogP contribution in [0, 0.1) is 5.92 Å². The van der Waals surface area contributed by atoms with Crippen LogP contribution in [0.25, 0.3) is 0 Å². The summed E-state index contributed by atoms with van der Waals surface area (Å²) in [6.07, 6.45) is 0. The van der Waals surface area contributed by atoms with Gasteiger partial charge in [-0.05, 0) is 41.5 Å². The van der Waals surface area contributed by atoms with E-state index >= 15 is 0 Å². The van der Waals surface area contributed by atoms with Crippen molar-refractivity contribution in [2.24, 2.45) is 5.92 Å². The zero-order valence-corrected chi connectivity index (χ0v) is 13.8. The standard InChI is InChI=1S/C20H20O4/c1-22-13-5-3-12(4-6-13)19-18-11-24-10-17(18)16-9-14(23-2)7-8-15(16)20(19)21/h3-9,17-19H,10-11H2,1-2H3/t17-,18-,19?/m0/s1. The Morgan fingerprint density at radius 3 is 2.38 bits per heavy atom. The van der Waals surface area contributed by atoms with E-state index in [1.165, 1.54) is 0 Å². The van der Waals surface area contributed by atoms with Gasteiger partial charge in [-0.15, -0.1) is 0 Å². The van der Waals surface area contributed by atoms with Crippen molar-refractivity contribution < 1.29 is 19.0 Å². The third-order valence-electron chi connectivity index (χ3n) is 5.23. The van der Waals surface area contributed by atoms with Crippen LogP contribution in [0.5, 0.6) is 11.5 Å². The second-order valence-corrected chi connectivity index (χ2v) is 6.38. The zero-order chi connectivity index (χ0) is 16.7. The van der Waals surface area contributed by atoms with Crippen molar-refractivity contribution in [3.63, 3.8) is 0 Å². The molecule has 0 bridgehead atoms. The topological polar surface area (TPSA) is 44.8 Å². The average Bonchev–Trinajstić information content (AvgIpc) is 3.11. The Kier molecular flexibility index (Phi) is 3.77. The van der Waals surface area contributed by atoms with E-state index in [0.29, 0.717) is 13.2 Å². The van der Waals surface area contributed by atoms with Crippen molar-refractivity contribution in [3.8, 4) is 11.5 Å². The molecule has 0 amide bonds. The molecule has 0 N–H and O–H groups in total. The molecule has 4 rings (SSSR count). The van der Waals surface area contributed by atoms with Gasteiger partial charge in [0.15, 0.2) is 5.78 Å². The average molecular weight is 324 g/mol. The first-order valence-corrected chi connectivity index (χ1v) is 8.16. The molecule has 4 nitrogen and oxygen atoms in total. The molecular formula is C20H20O4. The largest absolute Gasteiger partial charge is 0.497 e. The molecule has 0 aromatic heterocycles. The third-order valence-corrected chi connectivity index (χ3v) is 5.23. The number of hydrogen-bond donors (Lipinski definition) is 0. The van der Waals surface area contributed by atoms with E-state index in [0.717, 1.165) is 28.2 Å². The molecule has 4 heteroatoms. The van der Waals surface area contributed by atoms with Crippen molar-refractivity contribution in [2.45, 2.75) is 11.8 Å². The predicted molar refractivity (Wildman–Crippen MR) is 90.1 cm³/mol. The smallest absolute Gasteiger partial charge is 0.170 e. The van der Waals surface area contributed by atoms with Crippen LogP contribution in [0.15, 0.2) is 42.5 Å². The minimum atomic E-state index is -0.163. The van der Waals surface area contributed by atoms with Crippen LogP contribution < -0.4 is 9.47 Å². The Labute approximate surface area is 141 Å². The fourth-order valence-corrected chi connectivity index (χ4v) is 3.99.